The summed E-state index contributed by atoms with van der Waals surface area (Å²) in [5.74, 6) is -1.34. The Morgan fingerprint density at radius 3 is 2.50 bits per heavy atom. The maximum atomic E-state index is 15.6. The number of carbonyl (C=O) groups is 1. The van der Waals surface area contributed by atoms with E-state index in [-0.39, 0.29) is 24.0 Å². The lowest BCUT2D eigenvalue weighted by Gasteiger charge is -2.31. The second kappa shape index (κ2) is 9.80. The van der Waals surface area contributed by atoms with Crippen molar-refractivity contribution in [2.45, 2.75) is 58.4 Å². The summed E-state index contributed by atoms with van der Waals surface area (Å²) >= 11 is 6.18. The number of carboxylic acids is 1. The molecule has 1 rings (SSSR count). The van der Waals surface area contributed by atoms with Crippen LogP contribution in [0.3, 0.4) is 0 Å². The van der Waals surface area contributed by atoms with Gasteiger partial charge in [-0.1, -0.05) is 81.6 Å². The molecule has 0 fully saturated rings. The lowest BCUT2D eigenvalue weighted by molar-refractivity contribution is -0.161. The molecule has 0 unspecified atom stereocenters. The van der Waals surface area contributed by atoms with Crippen LogP contribution in [-0.4, -0.2) is 22.8 Å². The largest absolute Gasteiger partial charge is 0.479 e. The van der Waals surface area contributed by atoms with Gasteiger partial charge >= 0.3 is 5.97 Å². The van der Waals surface area contributed by atoms with E-state index in [0.717, 1.165) is 12.0 Å². The summed E-state index contributed by atoms with van der Waals surface area (Å²) in [6.45, 7) is 5.66. The van der Waals surface area contributed by atoms with Crippen LogP contribution in [0.15, 0.2) is 41.4 Å². The summed E-state index contributed by atoms with van der Waals surface area (Å²) in [5, 5.41) is 9.43. The van der Waals surface area contributed by atoms with Gasteiger partial charge in [-0.05, 0) is 17.9 Å². The van der Waals surface area contributed by atoms with Crippen molar-refractivity contribution in [1.29, 1.82) is 0 Å². The number of unbranched alkanes of at least 4 members (excludes halogenated alkanes) is 1. The van der Waals surface area contributed by atoms with Gasteiger partial charge < -0.3 is 9.84 Å². The molecule has 2 atom stereocenters. The summed E-state index contributed by atoms with van der Waals surface area (Å²) in [7, 11) is 0. The molecule has 0 aliphatic rings. The molecule has 0 saturated heterocycles. The molecule has 0 heterocycles. The number of alkyl halides is 1. The Labute approximate surface area is 148 Å². The van der Waals surface area contributed by atoms with Gasteiger partial charge in [-0.3, -0.25) is 0 Å². The van der Waals surface area contributed by atoms with E-state index < -0.39 is 17.7 Å². The Balaban J connectivity index is 3.05. The van der Waals surface area contributed by atoms with Crippen LogP contribution in [0.5, 0.6) is 0 Å². The fourth-order valence-electron chi connectivity index (χ4n) is 2.39. The molecule has 134 valence electrons. The number of hydrogen-bond donors (Lipinski definition) is 1. The predicted molar refractivity (Wildman–Crippen MR) is 94.8 cm³/mol. The third-order valence-corrected chi connectivity index (χ3v) is 4.11. The third kappa shape index (κ3) is 5.91. The van der Waals surface area contributed by atoms with Gasteiger partial charge in [-0.2, -0.15) is 0 Å². The van der Waals surface area contributed by atoms with E-state index in [9.17, 15) is 9.90 Å². The number of benzene rings is 1. The SMILES string of the molecule is CCCC[C@](F)(/C(Cl)=C\C(C)C)[C@H](OCc1ccccc1)C(=O)O. The van der Waals surface area contributed by atoms with E-state index in [0.29, 0.717) is 6.42 Å². The first-order chi connectivity index (χ1) is 11.3. The van der Waals surface area contributed by atoms with Crippen molar-refractivity contribution < 1.29 is 19.0 Å². The van der Waals surface area contributed by atoms with Crippen molar-refractivity contribution >= 4 is 17.6 Å². The first-order valence-electron chi connectivity index (χ1n) is 8.26. The summed E-state index contributed by atoms with van der Waals surface area (Å²) in [4.78, 5) is 11.7. The van der Waals surface area contributed by atoms with Crippen LogP contribution in [0, 0.1) is 5.92 Å². The maximum absolute atomic E-state index is 15.6. The molecule has 0 spiro atoms. The van der Waals surface area contributed by atoms with Crippen molar-refractivity contribution in [3.63, 3.8) is 0 Å². The Morgan fingerprint density at radius 1 is 1.38 bits per heavy atom. The van der Waals surface area contributed by atoms with E-state index in [1.807, 2.05) is 39.0 Å². The molecule has 0 aliphatic carbocycles. The van der Waals surface area contributed by atoms with Crippen molar-refractivity contribution in [3.8, 4) is 0 Å². The van der Waals surface area contributed by atoms with Crippen molar-refractivity contribution in [2.24, 2.45) is 5.92 Å². The monoisotopic (exact) mass is 356 g/mol. The number of ether oxygens (including phenoxy) is 1. The molecule has 0 aromatic heterocycles. The molecule has 1 aromatic carbocycles. The zero-order chi connectivity index (χ0) is 18.2. The average molecular weight is 357 g/mol. The van der Waals surface area contributed by atoms with E-state index in [1.54, 1.807) is 18.2 Å². The Morgan fingerprint density at radius 2 is 2.00 bits per heavy atom. The zero-order valence-electron chi connectivity index (χ0n) is 14.5. The fourth-order valence-corrected chi connectivity index (χ4v) is 2.84. The van der Waals surface area contributed by atoms with Gasteiger partial charge in [-0.25, -0.2) is 9.18 Å². The van der Waals surface area contributed by atoms with Gasteiger partial charge in [0, 0.05) is 0 Å². The van der Waals surface area contributed by atoms with Crippen LogP contribution >= 0.6 is 11.6 Å². The highest BCUT2D eigenvalue weighted by molar-refractivity contribution is 6.31. The van der Waals surface area contributed by atoms with Crippen LogP contribution in [0.4, 0.5) is 4.39 Å². The maximum Gasteiger partial charge on any atom is 0.336 e. The van der Waals surface area contributed by atoms with Gasteiger partial charge in [-0.15, -0.1) is 0 Å². The standard InChI is InChI=1S/C19H26ClFO3/c1-4-5-11-19(21,16(20)12-14(2)3)17(18(22)23)24-13-15-9-7-6-8-10-15/h6-10,12,14,17H,4-5,11,13H2,1-3H3,(H,22,23)/b16-12+/t17-,19+/m1/s1. The van der Waals surface area contributed by atoms with Crippen LogP contribution in [0.25, 0.3) is 0 Å². The average Bonchev–Trinajstić information content (AvgIpc) is 2.53. The second-order valence-corrected chi connectivity index (χ2v) is 6.65. The van der Waals surface area contributed by atoms with Gasteiger partial charge in [0.05, 0.1) is 11.6 Å². The smallest absolute Gasteiger partial charge is 0.336 e. The molecule has 0 radical (unpaired) electrons. The number of hydrogen-bond acceptors (Lipinski definition) is 2. The van der Waals surface area contributed by atoms with E-state index >= 15 is 4.39 Å². The number of rotatable bonds is 10. The molecular formula is C19H26ClFO3. The lowest BCUT2D eigenvalue weighted by Crippen LogP contribution is -2.46. The number of halogens is 2. The minimum absolute atomic E-state index is 0.0112. The number of carboxylic acid groups (broad SMARTS) is 1. The Hall–Kier alpha value is -1.39. The fraction of sp³-hybridized carbons (Fsp3) is 0.526. The minimum atomic E-state index is -2.23. The van der Waals surface area contributed by atoms with E-state index in [1.165, 1.54) is 0 Å². The topological polar surface area (TPSA) is 46.5 Å². The van der Waals surface area contributed by atoms with Crippen LogP contribution in [0.2, 0.25) is 0 Å². The molecule has 0 bridgehead atoms. The van der Waals surface area contributed by atoms with E-state index in [4.69, 9.17) is 16.3 Å². The zero-order valence-corrected chi connectivity index (χ0v) is 15.2. The van der Waals surface area contributed by atoms with Crippen LogP contribution in [0.1, 0.15) is 45.6 Å². The quantitative estimate of drug-likeness (QED) is 0.616. The summed E-state index contributed by atoms with van der Waals surface area (Å²) in [6.07, 6.45) is 1.18. The number of allylic oxidation sites excluding steroid dienone is 1. The highest BCUT2D eigenvalue weighted by Crippen LogP contribution is 2.37. The molecule has 1 aromatic rings. The molecule has 0 aliphatic heterocycles. The summed E-state index contributed by atoms with van der Waals surface area (Å²) < 4.78 is 21.1. The summed E-state index contributed by atoms with van der Waals surface area (Å²) in [5.41, 5.74) is -1.45. The normalized spacial score (nSPS) is 16.0. The van der Waals surface area contributed by atoms with Gasteiger partial charge in [0.2, 0.25) is 0 Å². The Bertz CT molecular complexity index is 545. The molecule has 0 saturated carbocycles. The first-order valence-corrected chi connectivity index (χ1v) is 8.64. The molecule has 5 heteroatoms. The molecule has 3 nitrogen and oxygen atoms in total. The van der Waals surface area contributed by atoms with Crippen molar-refractivity contribution in [1.82, 2.24) is 0 Å². The second-order valence-electron chi connectivity index (χ2n) is 6.24. The number of aliphatic carboxylic acids is 1. The molecule has 0 amide bonds. The summed E-state index contributed by atoms with van der Waals surface area (Å²) in [6, 6.07) is 9.09. The highest BCUT2D eigenvalue weighted by atomic mass is 35.5. The molecule has 1 N–H and O–H groups in total. The predicted octanol–water partition coefficient (Wildman–Crippen LogP) is 5.33. The van der Waals surface area contributed by atoms with Gasteiger partial charge in [0.1, 0.15) is 0 Å². The molecule has 24 heavy (non-hydrogen) atoms. The van der Waals surface area contributed by atoms with Crippen molar-refractivity contribution in [2.75, 3.05) is 0 Å². The van der Waals surface area contributed by atoms with Crippen LogP contribution in [-0.2, 0) is 16.1 Å². The molecular weight excluding hydrogens is 331 g/mol. The Kier molecular flexibility index (Phi) is 8.43. The van der Waals surface area contributed by atoms with Crippen molar-refractivity contribution in [3.05, 3.63) is 47.0 Å². The van der Waals surface area contributed by atoms with Gasteiger partial charge in [0.15, 0.2) is 11.8 Å². The third-order valence-electron chi connectivity index (χ3n) is 3.67. The van der Waals surface area contributed by atoms with Crippen LogP contribution < -0.4 is 0 Å². The highest BCUT2D eigenvalue weighted by Gasteiger charge is 2.47. The minimum Gasteiger partial charge on any atom is -0.479 e. The first kappa shape index (κ1) is 20.7. The lowest BCUT2D eigenvalue weighted by atomic mass is 9.90. The van der Waals surface area contributed by atoms with E-state index in [2.05, 4.69) is 0 Å². The van der Waals surface area contributed by atoms with Gasteiger partial charge in [0.25, 0.3) is 0 Å².